The third-order valence-electron chi connectivity index (χ3n) is 3.89. The Morgan fingerprint density at radius 1 is 1.20 bits per heavy atom. The topological polar surface area (TPSA) is 67.9 Å². The van der Waals surface area contributed by atoms with Crippen LogP contribution in [-0.4, -0.2) is 43.0 Å². The largest absolute Gasteiger partial charge is 0.486 e. The summed E-state index contributed by atoms with van der Waals surface area (Å²) in [4.78, 5) is 27.1. The summed E-state index contributed by atoms with van der Waals surface area (Å²) in [7, 11) is 0. The SMILES string of the molecule is CCN(CC(=O)Nc1ccc2c(c1)OCCO2)C(=O)c1sccc1C. The van der Waals surface area contributed by atoms with Gasteiger partial charge in [-0.25, -0.2) is 0 Å². The van der Waals surface area contributed by atoms with E-state index < -0.39 is 0 Å². The number of rotatable bonds is 5. The fraction of sp³-hybridized carbons (Fsp3) is 0.333. The van der Waals surface area contributed by atoms with Crippen LogP contribution in [-0.2, 0) is 4.79 Å². The van der Waals surface area contributed by atoms with Crippen molar-refractivity contribution in [3.05, 3.63) is 40.1 Å². The highest BCUT2D eigenvalue weighted by atomic mass is 32.1. The molecule has 132 valence electrons. The number of fused-ring (bicyclic) bond motifs is 1. The maximum absolute atomic E-state index is 12.6. The molecule has 0 unspecified atom stereocenters. The Bertz CT molecular complexity index is 787. The van der Waals surface area contributed by atoms with Crippen molar-refractivity contribution in [3.8, 4) is 11.5 Å². The lowest BCUT2D eigenvalue weighted by molar-refractivity contribution is -0.116. The molecule has 0 fully saturated rings. The van der Waals surface area contributed by atoms with Crippen LogP contribution in [0.1, 0.15) is 22.2 Å². The molecule has 1 aliphatic rings. The van der Waals surface area contributed by atoms with Crippen LogP contribution in [0.15, 0.2) is 29.6 Å². The molecular formula is C18H20N2O4S. The average Bonchev–Trinajstić information content (AvgIpc) is 3.05. The van der Waals surface area contributed by atoms with Crippen molar-refractivity contribution in [2.24, 2.45) is 0 Å². The number of nitrogens with one attached hydrogen (secondary N) is 1. The zero-order valence-corrected chi connectivity index (χ0v) is 15.0. The van der Waals surface area contributed by atoms with Crippen molar-refractivity contribution in [2.45, 2.75) is 13.8 Å². The number of hydrogen-bond donors (Lipinski definition) is 1. The number of likely N-dealkylation sites (N-methyl/N-ethyl adjacent to an activating group) is 1. The van der Waals surface area contributed by atoms with Gasteiger partial charge in [-0.15, -0.1) is 11.3 Å². The molecule has 0 aliphatic carbocycles. The van der Waals surface area contributed by atoms with E-state index in [1.165, 1.54) is 16.2 Å². The first-order valence-electron chi connectivity index (χ1n) is 8.11. The van der Waals surface area contributed by atoms with E-state index >= 15 is 0 Å². The lowest BCUT2D eigenvalue weighted by Crippen LogP contribution is -2.37. The molecule has 0 atom stereocenters. The minimum atomic E-state index is -0.249. The zero-order chi connectivity index (χ0) is 17.8. The first kappa shape index (κ1) is 17.3. The molecule has 1 aromatic heterocycles. The number of benzene rings is 1. The van der Waals surface area contributed by atoms with Crippen LogP contribution >= 0.6 is 11.3 Å². The quantitative estimate of drug-likeness (QED) is 0.890. The van der Waals surface area contributed by atoms with Gasteiger partial charge in [0.2, 0.25) is 5.91 Å². The number of aryl methyl sites for hydroxylation is 1. The lowest BCUT2D eigenvalue weighted by Gasteiger charge is -2.21. The Hall–Kier alpha value is -2.54. The molecule has 3 rings (SSSR count). The van der Waals surface area contributed by atoms with Crippen molar-refractivity contribution in [1.82, 2.24) is 4.90 Å². The van der Waals surface area contributed by atoms with Gasteiger partial charge in [0.15, 0.2) is 11.5 Å². The molecule has 0 radical (unpaired) electrons. The Balaban J connectivity index is 1.65. The Labute approximate surface area is 150 Å². The minimum Gasteiger partial charge on any atom is -0.486 e. The van der Waals surface area contributed by atoms with Gasteiger partial charge >= 0.3 is 0 Å². The summed E-state index contributed by atoms with van der Waals surface area (Å²) in [5.41, 5.74) is 1.55. The summed E-state index contributed by atoms with van der Waals surface area (Å²) >= 11 is 1.39. The van der Waals surface area contributed by atoms with Crippen LogP contribution in [0.2, 0.25) is 0 Å². The van der Waals surface area contributed by atoms with Crippen molar-refractivity contribution in [2.75, 3.05) is 31.6 Å². The first-order valence-corrected chi connectivity index (χ1v) is 8.99. The lowest BCUT2D eigenvalue weighted by atomic mass is 10.2. The highest BCUT2D eigenvalue weighted by Crippen LogP contribution is 2.32. The summed E-state index contributed by atoms with van der Waals surface area (Å²) in [6.07, 6.45) is 0. The highest BCUT2D eigenvalue weighted by Gasteiger charge is 2.20. The van der Waals surface area contributed by atoms with Gasteiger partial charge in [-0.1, -0.05) is 0 Å². The second kappa shape index (κ2) is 7.57. The number of anilines is 1. The van der Waals surface area contributed by atoms with Gasteiger partial charge in [0, 0.05) is 18.3 Å². The third kappa shape index (κ3) is 3.93. The van der Waals surface area contributed by atoms with Crippen molar-refractivity contribution in [3.63, 3.8) is 0 Å². The van der Waals surface area contributed by atoms with Crippen LogP contribution < -0.4 is 14.8 Å². The van der Waals surface area contributed by atoms with Gasteiger partial charge in [-0.2, -0.15) is 0 Å². The van der Waals surface area contributed by atoms with E-state index in [1.54, 1.807) is 18.2 Å². The Morgan fingerprint density at radius 3 is 2.64 bits per heavy atom. The Kier molecular flexibility index (Phi) is 5.23. The molecule has 6 nitrogen and oxygen atoms in total. The molecule has 0 spiro atoms. The molecular weight excluding hydrogens is 340 g/mol. The molecule has 2 amide bonds. The van der Waals surface area contributed by atoms with Gasteiger partial charge in [0.25, 0.3) is 5.91 Å². The van der Waals surface area contributed by atoms with Crippen LogP contribution in [0, 0.1) is 6.92 Å². The number of ether oxygens (including phenoxy) is 2. The average molecular weight is 360 g/mol. The van der Waals surface area contributed by atoms with E-state index in [0.29, 0.717) is 41.8 Å². The molecule has 0 bridgehead atoms. The monoisotopic (exact) mass is 360 g/mol. The summed E-state index contributed by atoms with van der Waals surface area (Å²) in [5.74, 6) is 0.915. The molecule has 0 saturated heterocycles. The summed E-state index contributed by atoms with van der Waals surface area (Å²) in [6, 6.07) is 7.16. The van der Waals surface area contributed by atoms with Crippen molar-refractivity contribution >= 4 is 28.8 Å². The molecule has 25 heavy (non-hydrogen) atoms. The third-order valence-corrected chi connectivity index (χ3v) is 4.89. The van der Waals surface area contributed by atoms with Crippen LogP contribution in [0.4, 0.5) is 5.69 Å². The van der Waals surface area contributed by atoms with E-state index in [9.17, 15) is 9.59 Å². The molecule has 2 heterocycles. The smallest absolute Gasteiger partial charge is 0.264 e. The molecule has 0 saturated carbocycles. The van der Waals surface area contributed by atoms with Crippen molar-refractivity contribution < 1.29 is 19.1 Å². The standard InChI is InChI=1S/C18H20N2O4S/c1-3-20(18(22)17-12(2)6-9-25-17)11-16(21)19-13-4-5-14-15(10-13)24-8-7-23-14/h4-6,9-10H,3,7-8,11H2,1-2H3,(H,19,21). The number of hydrogen-bond acceptors (Lipinski definition) is 5. The van der Waals surface area contributed by atoms with Crippen molar-refractivity contribution in [1.29, 1.82) is 0 Å². The van der Waals surface area contributed by atoms with E-state index in [0.717, 1.165) is 5.56 Å². The number of carbonyl (C=O) groups excluding carboxylic acids is 2. The fourth-order valence-electron chi connectivity index (χ4n) is 2.56. The summed E-state index contributed by atoms with van der Waals surface area (Å²) in [6.45, 7) is 5.23. The van der Waals surface area contributed by atoms with E-state index in [2.05, 4.69) is 5.32 Å². The number of carbonyl (C=O) groups is 2. The summed E-state index contributed by atoms with van der Waals surface area (Å²) < 4.78 is 11.0. The van der Waals surface area contributed by atoms with E-state index in [4.69, 9.17) is 9.47 Å². The predicted octanol–water partition coefficient (Wildman–Crippen LogP) is 2.93. The van der Waals surface area contributed by atoms with Gasteiger partial charge < -0.3 is 19.7 Å². The first-order chi connectivity index (χ1) is 12.1. The fourth-order valence-corrected chi connectivity index (χ4v) is 3.45. The molecule has 2 aromatic rings. The van der Waals surface area contributed by atoms with Gasteiger partial charge in [0.1, 0.15) is 19.8 Å². The molecule has 1 N–H and O–H groups in total. The molecule has 7 heteroatoms. The van der Waals surface area contributed by atoms with Gasteiger partial charge in [-0.3, -0.25) is 9.59 Å². The number of amides is 2. The number of nitrogens with zero attached hydrogens (tertiary/aromatic N) is 1. The maximum atomic E-state index is 12.6. The number of thiophene rings is 1. The van der Waals surface area contributed by atoms with E-state index in [-0.39, 0.29) is 18.4 Å². The normalized spacial score (nSPS) is 12.6. The summed E-state index contributed by atoms with van der Waals surface area (Å²) in [5, 5.41) is 4.69. The van der Waals surface area contributed by atoms with Gasteiger partial charge in [-0.05, 0) is 43.0 Å². The van der Waals surface area contributed by atoms with Gasteiger partial charge in [0.05, 0.1) is 4.88 Å². The Morgan fingerprint density at radius 2 is 1.96 bits per heavy atom. The minimum absolute atomic E-state index is 0.00111. The highest BCUT2D eigenvalue weighted by molar-refractivity contribution is 7.12. The second-order valence-electron chi connectivity index (χ2n) is 5.66. The van der Waals surface area contributed by atoms with Crippen LogP contribution in [0.25, 0.3) is 0 Å². The van der Waals surface area contributed by atoms with Crippen LogP contribution in [0.5, 0.6) is 11.5 Å². The predicted molar refractivity (Wildman–Crippen MR) is 96.7 cm³/mol. The van der Waals surface area contributed by atoms with Crippen LogP contribution in [0.3, 0.4) is 0 Å². The molecule has 1 aliphatic heterocycles. The van der Waals surface area contributed by atoms with E-state index in [1.807, 2.05) is 25.3 Å². The second-order valence-corrected chi connectivity index (χ2v) is 6.57. The zero-order valence-electron chi connectivity index (χ0n) is 14.2. The maximum Gasteiger partial charge on any atom is 0.264 e. The molecule has 1 aromatic carbocycles.